The summed E-state index contributed by atoms with van der Waals surface area (Å²) < 4.78 is 31.4. The van der Waals surface area contributed by atoms with Crippen LogP contribution in [0.2, 0.25) is 5.02 Å². The SMILES string of the molecule is COc1cc(C=C2N=C(c3ccccc3F)OC2=O)cc(Cl)c1OCc1cccc(Br)c1. The third-order valence-corrected chi connectivity index (χ3v) is 5.33. The Labute approximate surface area is 197 Å². The highest BCUT2D eigenvalue weighted by Crippen LogP contribution is 2.38. The van der Waals surface area contributed by atoms with Gasteiger partial charge in [-0.1, -0.05) is 51.8 Å². The number of hydrogen-bond donors (Lipinski definition) is 0. The predicted molar refractivity (Wildman–Crippen MR) is 123 cm³/mol. The zero-order valence-corrected chi connectivity index (χ0v) is 19.1. The number of ether oxygens (including phenoxy) is 3. The van der Waals surface area contributed by atoms with E-state index in [1.165, 1.54) is 25.3 Å². The zero-order valence-electron chi connectivity index (χ0n) is 16.8. The fourth-order valence-electron chi connectivity index (χ4n) is 3.06. The molecule has 0 radical (unpaired) electrons. The molecule has 8 heteroatoms. The minimum absolute atomic E-state index is 0.0178. The van der Waals surface area contributed by atoms with Gasteiger partial charge in [-0.2, -0.15) is 0 Å². The van der Waals surface area contributed by atoms with E-state index in [1.54, 1.807) is 24.3 Å². The quantitative estimate of drug-likeness (QED) is 0.290. The van der Waals surface area contributed by atoms with Gasteiger partial charge in [-0.3, -0.25) is 0 Å². The third-order valence-electron chi connectivity index (χ3n) is 4.55. The zero-order chi connectivity index (χ0) is 22.7. The lowest BCUT2D eigenvalue weighted by Gasteiger charge is -2.13. The summed E-state index contributed by atoms with van der Waals surface area (Å²) >= 11 is 9.86. The average molecular weight is 517 g/mol. The van der Waals surface area contributed by atoms with Gasteiger partial charge < -0.3 is 14.2 Å². The van der Waals surface area contributed by atoms with Crippen molar-refractivity contribution in [3.05, 3.63) is 98.4 Å². The fraction of sp³-hybridized carbons (Fsp3) is 0.0833. The van der Waals surface area contributed by atoms with Crippen molar-refractivity contribution in [1.82, 2.24) is 0 Å². The van der Waals surface area contributed by atoms with Gasteiger partial charge in [0.2, 0.25) is 5.90 Å². The molecule has 162 valence electrons. The van der Waals surface area contributed by atoms with Crippen LogP contribution in [0.25, 0.3) is 6.08 Å². The normalized spacial score (nSPS) is 14.3. The highest BCUT2D eigenvalue weighted by atomic mass is 79.9. The highest BCUT2D eigenvalue weighted by molar-refractivity contribution is 9.10. The molecule has 0 bridgehead atoms. The molecule has 0 fully saturated rings. The Balaban J connectivity index is 1.60. The maximum atomic E-state index is 14.0. The molecule has 0 saturated heterocycles. The smallest absolute Gasteiger partial charge is 0.363 e. The number of hydrogen-bond acceptors (Lipinski definition) is 5. The Morgan fingerprint density at radius 3 is 2.72 bits per heavy atom. The van der Waals surface area contributed by atoms with Crippen LogP contribution in [-0.4, -0.2) is 19.0 Å². The lowest BCUT2D eigenvalue weighted by atomic mass is 10.1. The summed E-state index contributed by atoms with van der Waals surface area (Å²) in [4.78, 5) is 16.4. The molecule has 1 aliphatic heterocycles. The van der Waals surface area contributed by atoms with E-state index < -0.39 is 11.8 Å². The van der Waals surface area contributed by atoms with Crippen LogP contribution in [0.15, 0.2) is 75.8 Å². The third kappa shape index (κ3) is 4.84. The summed E-state index contributed by atoms with van der Waals surface area (Å²) in [5, 5.41) is 0.302. The van der Waals surface area contributed by atoms with E-state index in [1.807, 2.05) is 24.3 Å². The van der Waals surface area contributed by atoms with E-state index in [9.17, 15) is 9.18 Å². The minimum atomic E-state index is -0.687. The number of nitrogens with zero attached hydrogens (tertiary/aromatic N) is 1. The number of benzene rings is 3. The number of halogens is 3. The largest absolute Gasteiger partial charge is 0.493 e. The van der Waals surface area contributed by atoms with E-state index in [2.05, 4.69) is 20.9 Å². The van der Waals surface area contributed by atoms with Crippen molar-refractivity contribution in [3.63, 3.8) is 0 Å². The molecule has 1 heterocycles. The van der Waals surface area contributed by atoms with Crippen molar-refractivity contribution in [2.75, 3.05) is 7.11 Å². The first-order chi connectivity index (χ1) is 15.4. The molecule has 0 amide bonds. The van der Waals surface area contributed by atoms with E-state index in [0.717, 1.165) is 10.0 Å². The molecule has 0 unspecified atom stereocenters. The van der Waals surface area contributed by atoms with Crippen LogP contribution in [0.5, 0.6) is 11.5 Å². The van der Waals surface area contributed by atoms with Crippen LogP contribution in [0, 0.1) is 5.82 Å². The first-order valence-corrected chi connectivity index (χ1v) is 10.6. The summed E-state index contributed by atoms with van der Waals surface area (Å²) in [6.45, 7) is 0.290. The topological polar surface area (TPSA) is 57.1 Å². The van der Waals surface area contributed by atoms with Gasteiger partial charge in [-0.15, -0.1) is 0 Å². The lowest BCUT2D eigenvalue weighted by molar-refractivity contribution is -0.129. The van der Waals surface area contributed by atoms with Gasteiger partial charge in [-0.25, -0.2) is 14.2 Å². The molecule has 0 atom stereocenters. The highest BCUT2D eigenvalue weighted by Gasteiger charge is 2.26. The standard InChI is InChI=1S/C24H16BrClFNO4/c1-30-21-12-15(10-18(26)22(21)31-13-14-5-4-6-16(25)9-14)11-20-24(29)32-23(28-20)17-7-2-3-8-19(17)27/h2-12H,13H2,1H3. The Morgan fingerprint density at radius 2 is 1.97 bits per heavy atom. The van der Waals surface area contributed by atoms with Crippen molar-refractivity contribution in [1.29, 1.82) is 0 Å². The van der Waals surface area contributed by atoms with Crippen molar-refractivity contribution < 1.29 is 23.4 Å². The molecule has 1 aliphatic rings. The second kappa shape index (κ2) is 9.54. The van der Waals surface area contributed by atoms with Crippen LogP contribution in [0.1, 0.15) is 16.7 Å². The summed E-state index contributed by atoms with van der Waals surface area (Å²) in [6.07, 6.45) is 1.49. The monoisotopic (exact) mass is 515 g/mol. The fourth-order valence-corrected chi connectivity index (χ4v) is 3.78. The van der Waals surface area contributed by atoms with Crippen molar-refractivity contribution in [2.24, 2.45) is 4.99 Å². The average Bonchev–Trinajstić information content (AvgIpc) is 3.13. The molecule has 0 aliphatic carbocycles. The number of esters is 1. The molecule has 3 aromatic carbocycles. The van der Waals surface area contributed by atoms with Crippen LogP contribution in [0.4, 0.5) is 4.39 Å². The summed E-state index contributed by atoms with van der Waals surface area (Å²) in [6, 6.07) is 16.9. The molecule has 32 heavy (non-hydrogen) atoms. The summed E-state index contributed by atoms with van der Waals surface area (Å²) in [5.41, 5.74) is 1.62. The number of cyclic esters (lactones) is 1. The second-order valence-electron chi connectivity index (χ2n) is 6.77. The molecule has 0 spiro atoms. The minimum Gasteiger partial charge on any atom is -0.493 e. The molecule has 0 N–H and O–H groups in total. The van der Waals surface area contributed by atoms with Gasteiger partial charge in [0, 0.05) is 4.47 Å². The molecule has 0 saturated carbocycles. The van der Waals surface area contributed by atoms with Crippen LogP contribution >= 0.6 is 27.5 Å². The van der Waals surface area contributed by atoms with Gasteiger partial charge >= 0.3 is 5.97 Å². The Morgan fingerprint density at radius 1 is 1.16 bits per heavy atom. The Bertz CT molecular complexity index is 1260. The van der Waals surface area contributed by atoms with Gasteiger partial charge in [0.1, 0.15) is 12.4 Å². The number of methoxy groups -OCH3 is 1. The van der Waals surface area contributed by atoms with Gasteiger partial charge in [0.25, 0.3) is 0 Å². The predicted octanol–water partition coefficient (Wildman–Crippen LogP) is 6.17. The second-order valence-corrected chi connectivity index (χ2v) is 8.09. The maximum Gasteiger partial charge on any atom is 0.363 e. The number of carbonyl (C=O) groups is 1. The van der Waals surface area contributed by atoms with Gasteiger partial charge in [0.05, 0.1) is 17.7 Å². The number of rotatable bonds is 6. The Kier molecular flexibility index (Phi) is 6.58. The van der Waals surface area contributed by atoms with E-state index in [4.69, 9.17) is 25.8 Å². The molecular formula is C24H16BrClFNO4. The summed E-state index contributed by atoms with van der Waals surface area (Å²) in [5.74, 6) is -0.540. The van der Waals surface area contributed by atoms with Crippen molar-refractivity contribution >= 4 is 45.5 Å². The van der Waals surface area contributed by atoms with Crippen molar-refractivity contribution in [3.8, 4) is 11.5 Å². The van der Waals surface area contributed by atoms with Crippen LogP contribution < -0.4 is 9.47 Å². The van der Waals surface area contributed by atoms with E-state index in [-0.39, 0.29) is 17.2 Å². The van der Waals surface area contributed by atoms with E-state index >= 15 is 0 Å². The first kappa shape index (κ1) is 22.0. The molecule has 3 aromatic rings. The van der Waals surface area contributed by atoms with Crippen LogP contribution in [0.3, 0.4) is 0 Å². The van der Waals surface area contributed by atoms with Crippen LogP contribution in [-0.2, 0) is 16.1 Å². The molecular weight excluding hydrogens is 501 g/mol. The molecule has 0 aromatic heterocycles. The lowest BCUT2D eigenvalue weighted by Crippen LogP contribution is -2.07. The number of carbonyl (C=O) groups excluding carboxylic acids is 1. The van der Waals surface area contributed by atoms with Crippen molar-refractivity contribution in [2.45, 2.75) is 6.61 Å². The summed E-state index contributed by atoms with van der Waals surface area (Å²) in [7, 11) is 1.49. The Hall–Kier alpha value is -3.16. The van der Waals surface area contributed by atoms with E-state index in [0.29, 0.717) is 28.7 Å². The van der Waals surface area contributed by atoms with Gasteiger partial charge in [0.15, 0.2) is 17.2 Å². The molecule has 4 rings (SSSR count). The van der Waals surface area contributed by atoms with Gasteiger partial charge in [-0.05, 0) is 53.6 Å². The molecule has 5 nitrogen and oxygen atoms in total. The maximum absolute atomic E-state index is 14.0. The first-order valence-electron chi connectivity index (χ1n) is 9.47. The number of aliphatic imine (C=N–C) groups is 1.